The van der Waals surface area contributed by atoms with Crippen LogP contribution in [0.25, 0.3) is 11.8 Å². The highest BCUT2D eigenvalue weighted by molar-refractivity contribution is 7.89. The van der Waals surface area contributed by atoms with E-state index in [4.69, 9.17) is 22.1 Å². The molecule has 1 heterocycles. The van der Waals surface area contributed by atoms with Crippen molar-refractivity contribution in [2.75, 3.05) is 12.0 Å². The van der Waals surface area contributed by atoms with Gasteiger partial charge in [-0.15, -0.1) is 0 Å². The fourth-order valence-electron chi connectivity index (χ4n) is 4.50. The molecule has 0 fully saturated rings. The number of rotatable bonds is 7. The number of Topliss-reactive ketones (excluding diaryl/α,β-unsaturated/α-hetero) is 1. The van der Waals surface area contributed by atoms with Gasteiger partial charge in [0.25, 0.3) is 0 Å². The normalized spacial score (nSPS) is 12.8. The van der Waals surface area contributed by atoms with Crippen molar-refractivity contribution >= 4 is 39.1 Å². The summed E-state index contributed by atoms with van der Waals surface area (Å²) in [5, 5.41) is 4.52. The second kappa shape index (κ2) is 9.74. The zero-order valence-electron chi connectivity index (χ0n) is 20.5. The van der Waals surface area contributed by atoms with Crippen LogP contribution in [-0.2, 0) is 22.0 Å². The van der Waals surface area contributed by atoms with Gasteiger partial charge in [0.05, 0.1) is 17.5 Å². The maximum atomic E-state index is 15.2. The summed E-state index contributed by atoms with van der Waals surface area (Å²) in [6.07, 6.45) is 4.44. The third-order valence-electron chi connectivity index (χ3n) is 6.20. The number of hydrogen-bond acceptors (Lipinski definition) is 6. The van der Waals surface area contributed by atoms with Crippen molar-refractivity contribution in [3.05, 3.63) is 105 Å². The van der Waals surface area contributed by atoms with Gasteiger partial charge in [-0.1, -0.05) is 35.9 Å². The standard InChI is InChI=1S/C28H23ClFN3O4S/c1-16-8-22(37-21-6-4-3-5-7-21)13-25(30)26(16)33-28(31)23(14-32-33)27(34)19-9-17-11-20(15-38(2,35)36)24(29)12-18(17)10-19/h3-8,10-14H,9,15,31H2,1-2H3. The molecular formula is C28H23ClFN3O4S. The number of ketones is 1. The quantitative estimate of drug-likeness (QED) is 0.295. The molecule has 0 spiro atoms. The highest BCUT2D eigenvalue weighted by Gasteiger charge is 2.26. The fraction of sp³-hybridized carbons (Fsp3) is 0.143. The largest absolute Gasteiger partial charge is 0.457 e. The minimum Gasteiger partial charge on any atom is -0.457 e. The summed E-state index contributed by atoms with van der Waals surface area (Å²) in [5.41, 5.74) is 9.51. The highest BCUT2D eigenvalue weighted by Crippen LogP contribution is 2.34. The zero-order valence-corrected chi connectivity index (χ0v) is 22.1. The summed E-state index contributed by atoms with van der Waals surface area (Å²) in [4.78, 5) is 13.4. The fourth-order valence-corrected chi connectivity index (χ4v) is 5.62. The van der Waals surface area contributed by atoms with E-state index in [2.05, 4.69) is 5.10 Å². The molecule has 0 bridgehead atoms. The molecule has 7 nitrogen and oxygen atoms in total. The van der Waals surface area contributed by atoms with Gasteiger partial charge in [-0.05, 0) is 59.5 Å². The Morgan fingerprint density at radius 1 is 1.16 bits per heavy atom. The average molecular weight is 552 g/mol. The molecule has 4 aromatic rings. The van der Waals surface area contributed by atoms with E-state index >= 15 is 4.39 Å². The number of para-hydroxylation sites is 1. The van der Waals surface area contributed by atoms with Crippen molar-refractivity contribution in [1.82, 2.24) is 9.78 Å². The van der Waals surface area contributed by atoms with E-state index in [1.165, 1.54) is 16.9 Å². The molecule has 0 saturated heterocycles. The lowest BCUT2D eigenvalue weighted by Crippen LogP contribution is -2.10. The predicted molar refractivity (Wildman–Crippen MR) is 145 cm³/mol. The number of halogens is 2. The molecule has 1 aliphatic rings. The lowest BCUT2D eigenvalue weighted by molar-refractivity contribution is 0.103. The number of anilines is 1. The minimum atomic E-state index is -3.28. The van der Waals surface area contributed by atoms with E-state index < -0.39 is 15.7 Å². The molecule has 38 heavy (non-hydrogen) atoms. The van der Waals surface area contributed by atoms with Crippen molar-refractivity contribution in [1.29, 1.82) is 0 Å². The van der Waals surface area contributed by atoms with Crippen molar-refractivity contribution < 1.29 is 22.3 Å². The van der Waals surface area contributed by atoms with E-state index in [1.807, 2.05) is 18.2 Å². The first kappa shape index (κ1) is 25.7. The first-order chi connectivity index (χ1) is 18.0. The first-order valence-corrected chi connectivity index (χ1v) is 14.0. The average Bonchev–Trinajstić information content (AvgIpc) is 3.41. The van der Waals surface area contributed by atoms with Gasteiger partial charge in [0.1, 0.15) is 23.0 Å². The minimum absolute atomic E-state index is 0.00128. The number of fused-ring (bicyclic) bond motifs is 1. The van der Waals surface area contributed by atoms with Crippen LogP contribution in [0.2, 0.25) is 5.02 Å². The molecule has 0 saturated carbocycles. The van der Waals surface area contributed by atoms with Gasteiger partial charge in [0.2, 0.25) is 0 Å². The summed E-state index contributed by atoms with van der Waals surface area (Å²) in [6, 6.07) is 15.3. The Morgan fingerprint density at radius 2 is 1.89 bits per heavy atom. The maximum absolute atomic E-state index is 15.2. The van der Waals surface area contributed by atoms with Gasteiger partial charge in [0, 0.05) is 29.3 Å². The third kappa shape index (κ3) is 5.07. The Kier molecular flexibility index (Phi) is 6.58. The van der Waals surface area contributed by atoms with Crippen molar-refractivity contribution in [2.24, 2.45) is 0 Å². The molecule has 0 radical (unpaired) electrons. The molecular weight excluding hydrogens is 529 g/mol. The smallest absolute Gasteiger partial charge is 0.194 e. The number of ether oxygens (including phenoxy) is 1. The van der Waals surface area contributed by atoms with Crippen LogP contribution in [0.5, 0.6) is 11.5 Å². The number of benzene rings is 3. The van der Waals surface area contributed by atoms with Crippen molar-refractivity contribution in [3.8, 4) is 17.2 Å². The molecule has 1 aromatic heterocycles. The first-order valence-electron chi connectivity index (χ1n) is 11.6. The van der Waals surface area contributed by atoms with E-state index in [0.717, 1.165) is 17.4 Å². The molecule has 0 amide bonds. The van der Waals surface area contributed by atoms with Gasteiger partial charge in [-0.2, -0.15) is 5.10 Å². The molecule has 0 atom stereocenters. The van der Waals surface area contributed by atoms with Crippen LogP contribution in [0, 0.1) is 12.7 Å². The number of aryl methyl sites for hydroxylation is 1. The molecule has 10 heteroatoms. The topological polar surface area (TPSA) is 104 Å². The van der Waals surface area contributed by atoms with Crippen molar-refractivity contribution in [3.63, 3.8) is 0 Å². The Bertz CT molecular complexity index is 1710. The SMILES string of the molecule is Cc1cc(Oc2ccccc2)cc(F)c1-n1ncc(C(=O)C2=Cc3cc(Cl)c(CS(C)(=O)=O)cc3C2)c1N. The summed E-state index contributed by atoms with van der Waals surface area (Å²) in [5.74, 6) is -0.261. The van der Waals surface area contributed by atoms with Gasteiger partial charge in [-0.3, -0.25) is 4.79 Å². The molecule has 194 valence electrons. The van der Waals surface area contributed by atoms with Crippen molar-refractivity contribution in [2.45, 2.75) is 19.1 Å². The van der Waals surface area contributed by atoms with Crippen LogP contribution in [0.1, 0.15) is 32.6 Å². The van der Waals surface area contributed by atoms with E-state index in [0.29, 0.717) is 33.2 Å². The lowest BCUT2D eigenvalue weighted by atomic mass is 10.0. The Balaban J connectivity index is 1.41. The van der Waals surface area contributed by atoms with Gasteiger partial charge in [-0.25, -0.2) is 17.5 Å². The summed E-state index contributed by atoms with van der Waals surface area (Å²) in [7, 11) is -3.28. The molecule has 5 rings (SSSR count). The highest BCUT2D eigenvalue weighted by atomic mass is 35.5. The molecule has 0 aliphatic heterocycles. The summed E-state index contributed by atoms with van der Waals surface area (Å²) >= 11 is 6.28. The number of hydrogen-bond donors (Lipinski definition) is 1. The number of sulfone groups is 1. The summed E-state index contributed by atoms with van der Waals surface area (Å²) < 4.78 is 45.6. The molecule has 1 aliphatic carbocycles. The second-order valence-corrected chi connectivity index (χ2v) is 11.8. The number of nitrogens with zero attached hydrogens (tertiary/aromatic N) is 2. The maximum Gasteiger partial charge on any atom is 0.194 e. The van der Waals surface area contributed by atoms with Gasteiger partial charge in [0.15, 0.2) is 21.4 Å². The van der Waals surface area contributed by atoms with Crippen LogP contribution in [0.3, 0.4) is 0 Å². The Labute approximate surface area is 224 Å². The van der Waals surface area contributed by atoms with E-state index in [1.54, 1.807) is 43.3 Å². The number of nitrogens with two attached hydrogens (primary N) is 1. The Morgan fingerprint density at radius 3 is 2.58 bits per heavy atom. The van der Waals surface area contributed by atoms with Crippen LogP contribution >= 0.6 is 11.6 Å². The number of carbonyl (C=O) groups is 1. The monoisotopic (exact) mass is 551 g/mol. The lowest BCUT2D eigenvalue weighted by Gasteiger charge is -2.13. The number of carbonyl (C=O) groups excluding carboxylic acids is 1. The van der Waals surface area contributed by atoms with E-state index in [9.17, 15) is 13.2 Å². The summed E-state index contributed by atoms with van der Waals surface area (Å²) in [6.45, 7) is 1.70. The van der Waals surface area contributed by atoms with Gasteiger partial charge >= 0.3 is 0 Å². The molecule has 3 aromatic carbocycles. The zero-order chi connectivity index (χ0) is 27.2. The van der Waals surface area contributed by atoms with Crippen LogP contribution in [-0.4, -0.2) is 30.2 Å². The Hall–Kier alpha value is -3.95. The van der Waals surface area contributed by atoms with Crippen LogP contribution in [0.15, 0.2) is 66.4 Å². The van der Waals surface area contributed by atoms with Gasteiger partial charge < -0.3 is 10.5 Å². The number of nitrogen functional groups attached to an aromatic ring is 1. The molecule has 2 N–H and O–H groups in total. The predicted octanol–water partition coefficient (Wildman–Crippen LogP) is 5.71. The van der Waals surface area contributed by atoms with Crippen LogP contribution < -0.4 is 10.5 Å². The second-order valence-electron chi connectivity index (χ2n) is 9.23. The molecule has 0 unspecified atom stereocenters. The number of aromatic nitrogens is 2. The van der Waals surface area contributed by atoms with E-state index in [-0.39, 0.29) is 35.0 Å². The van der Waals surface area contributed by atoms with Crippen LogP contribution in [0.4, 0.5) is 10.2 Å². The number of allylic oxidation sites excluding steroid dienone is 1. The third-order valence-corrected chi connectivity index (χ3v) is 7.38.